The van der Waals surface area contributed by atoms with Gasteiger partial charge in [0.2, 0.25) is 0 Å². The second kappa shape index (κ2) is 6.90. The smallest absolute Gasteiger partial charge is 0.166 e. The van der Waals surface area contributed by atoms with Crippen LogP contribution in [0.1, 0.15) is 43.7 Å². The first-order valence-corrected chi connectivity index (χ1v) is 7.66. The minimum Gasteiger partial charge on any atom is -0.360 e. The third-order valence-electron chi connectivity index (χ3n) is 4.13. The molecule has 0 saturated heterocycles. The average Bonchev–Trinajstić information content (AvgIpc) is 2.40. The zero-order valence-corrected chi connectivity index (χ0v) is 12.7. The molecule has 1 saturated carbocycles. The second-order valence-corrected chi connectivity index (χ2v) is 6.03. The Morgan fingerprint density at radius 1 is 1.26 bits per heavy atom. The van der Waals surface area contributed by atoms with Crippen LogP contribution in [0, 0.1) is 12.8 Å². The van der Waals surface area contributed by atoms with E-state index < -0.39 is 0 Å². The number of rotatable bonds is 3. The van der Waals surface area contributed by atoms with Gasteiger partial charge in [-0.3, -0.25) is 0 Å². The van der Waals surface area contributed by atoms with Gasteiger partial charge in [-0.2, -0.15) is 0 Å². The summed E-state index contributed by atoms with van der Waals surface area (Å²) in [5.41, 5.74) is 2.62. The maximum absolute atomic E-state index is 5.41. The van der Waals surface area contributed by atoms with Gasteiger partial charge in [0, 0.05) is 12.6 Å². The van der Waals surface area contributed by atoms with E-state index in [2.05, 4.69) is 48.7 Å². The standard InChI is InChI=1S/C16H24N2S/c1-12-7-3-5-9-14(12)11-17-16(19)18-15-10-6-4-8-13(15)2/h3,5,7,9,13,15H,4,6,8,10-11H2,1-2H3,(H2,17,18,19)/t13-,15+/m1/s1. The molecule has 1 fully saturated rings. The molecule has 0 radical (unpaired) electrons. The number of benzene rings is 1. The van der Waals surface area contributed by atoms with Gasteiger partial charge in [-0.15, -0.1) is 0 Å². The summed E-state index contributed by atoms with van der Waals surface area (Å²) in [4.78, 5) is 0. The molecule has 2 atom stereocenters. The van der Waals surface area contributed by atoms with Gasteiger partial charge in [0.05, 0.1) is 0 Å². The molecule has 104 valence electrons. The van der Waals surface area contributed by atoms with E-state index in [0.29, 0.717) is 6.04 Å². The molecule has 1 aromatic carbocycles. The summed E-state index contributed by atoms with van der Waals surface area (Å²) in [6.07, 6.45) is 5.25. The monoisotopic (exact) mass is 276 g/mol. The molecule has 1 aromatic rings. The molecule has 19 heavy (non-hydrogen) atoms. The predicted octanol–water partition coefficient (Wildman–Crippen LogP) is 3.54. The van der Waals surface area contributed by atoms with Crippen LogP contribution in [0.3, 0.4) is 0 Å². The lowest BCUT2D eigenvalue weighted by atomic mass is 9.86. The molecule has 0 aromatic heterocycles. The SMILES string of the molecule is Cc1ccccc1CNC(=S)N[C@H]1CCCC[C@H]1C. The summed E-state index contributed by atoms with van der Waals surface area (Å²) < 4.78 is 0. The van der Waals surface area contributed by atoms with E-state index in [1.54, 1.807) is 0 Å². The number of aryl methyl sites for hydroxylation is 1. The Kier molecular flexibility index (Phi) is 5.20. The molecule has 2 rings (SSSR count). The second-order valence-electron chi connectivity index (χ2n) is 5.62. The van der Waals surface area contributed by atoms with Crippen molar-refractivity contribution in [2.45, 2.75) is 52.1 Å². The fraction of sp³-hybridized carbons (Fsp3) is 0.562. The maximum atomic E-state index is 5.41. The Morgan fingerprint density at radius 3 is 2.74 bits per heavy atom. The molecule has 3 heteroatoms. The summed E-state index contributed by atoms with van der Waals surface area (Å²) in [5, 5.41) is 7.60. The predicted molar refractivity (Wildman–Crippen MR) is 85.2 cm³/mol. The highest BCUT2D eigenvalue weighted by atomic mass is 32.1. The van der Waals surface area contributed by atoms with Crippen LogP contribution >= 0.6 is 12.2 Å². The van der Waals surface area contributed by atoms with Gasteiger partial charge in [0.25, 0.3) is 0 Å². The van der Waals surface area contributed by atoms with Crippen molar-refractivity contribution in [2.24, 2.45) is 5.92 Å². The lowest BCUT2D eigenvalue weighted by Gasteiger charge is -2.30. The van der Waals surface area contributed by atoms with E-state index in [9.17, 15) is 0 Å². The molecule has 2 nitrogen and oxygen atoms in total. The van der Waals surface area contributed by atoms with Crippen molar-refractivity contribution in [3.63, 3.8) is 0 Å². The third-order valence-corrected chi connectivity index (χ3v) is 4.39. The summed E-state index contributed by atoms with van der Waals surface area (Å²) in [6, 6.07) is 8.97. The first-order chi connectivity index (χ1) is 9.16. The molecule has 0 heterocycles. The molecule has 0 aliphatic heterocycles. The molecule has 0 amide bonds. The van der Waals surface area contributed by atoms with Crippen molar-refractivity contribution in [1.82, 2.24) is 10.6 Å². The zero-order chi connectivity index (χ0) is 13.7. The van der Waals surface area contributed by atoms with E-state index in [1.807, 2.05) is 0 Å². The lowest BCUT2D eigenvalue weighted by Crippen LogP contribution is -2.45. The quantitative estimate of drug-likeness (QED) is 0.826. The van der Waals surface area contributed by atoms with Crippen LogP contribution in [0.15, 0.2) is 24.3 Å². The van der Waals surface area contributed by atoms with Crippen molar-refractivity contribution < 1.29 is 0 Å². The van der Waals surface area contributed by atoms with Gasteiger partial charge in [0.1, 0.15) is 0 Å². The highest BCUT2D eigenvalue weighted by Crippen LogP contribution is 2.23. The minimum atomic E-state index is 0.547. The molecular weight excluding hydrogens is 252 g/mol. The Bertz CT molecular complexity index is 431. The summed E-state index contributed by atoms with van der Waals surface area (Å²) in [5.74, 6) is 0.729. The van der Waals surface area contributed by atoms with E-state index >= 15 is 0 Å². The molecule has 0 unspecified atom stereocenters. The Labute approximate surface area is 122 Å². The van der Waals surface area contributed by atoms with Crippen molar-refractivity contribution in [1.29, 1.82) is 0 Å². The normalized spacial score (nSPS) is 22.8. The Morgan fingerprint density at radius 2 is 2.00 bits per heavy atom. The highest BCUT2D eigenvalue weighted by Gasteiger charge is 2.21. The van der Waals surface area contributed by atoms with Crippen molar-refractivity contribution in [2.75, 3.05) is 0 Å². The average molecular weight is 276 g/mol. The van der Waals surface area contributed by atoms with E-state index in [1.165, 1.54) is 36.8 Å². The molecule has 0 spiro atoms. The molecule has 1 aliphatic carbocycles. The van der Waals surface area contributed by atoms with E-state index in [4.69, 9.17) is 12.2 Å². The van der Waals surface area contributed by atoms with Gasteiger partial charge < -0.3 is 10.6 Å². The highest BCUT2D eigenvalue weighted by molar-refractivity contribution is 7.80. The largest absolute Gasteiger partial charge is 0.360 e. The maximum Gasteiger partial charge on any atom is 0.166 e. The lowest BCUT2D eigenvalue weighted by molar-refractivity contribution is 0.308. The van der Waals surface area contributed by atoms with Crippen LogP contribution in [0.5, 0.6) is 0 Å². The van der Waals surface area contributed by atoms with Crippen molar-refractivity contribution >= 4 is 17.3 Å². The van der Waals surface area contributed by atoms with Gasteiger partial charge in [-0.1, -0.05) is 44.0 Å². The molecule has 0 bridgehead atoms. The zero-order valence-electron chi connectivity index (χ0n) is 11.9. The first-order valence-electron chi connectivity index (χ1n) is 7.25. The van der Waals surface area contributed by atoms with Crippen molar-refractivity contribution in [3.05, 3.63) is 35.4 Å². The first kappa shape index (κ1) is 14.3. The number of nitrogens with one attached hydrogen (secondary N) is 2. The van der Waals surface area contributed by atoms with Crippen LogP contribution in [-0.2, 0) is 6.54 Å². The van der Waals surface area contributed by atoms with Crippen LogP contribution in [0.2, 0.25) is 0 Å². The summed E-state index contributed by atoms with van der Waals surface area (Å²) >= 11 is 5.41. The van der Waals surface area contributed by atoms with Gasteiger partial charge in [0.15, 0.2) is 5.11 Å². The van der Waals surface area contributed by atoms with Crippen LogP contribution in [0.4, 0.5) is 0 Å². The molecule has 1 aliphatic rings. The summed E-state index contributed by atoms with van der Waals surface area (Å²) in [6.45, 7) is 5.26. The van der Waals surface area contributed by atoms with E-state index in [-0.39, 0.29) is 0 Å². The van der Waals surface area contributed by atoms with Crippen LogP contribution in [-0.4, -0.2) is 11.2 Å². The van der Waals surface area contributed by atoms with E-state index in [0.717, 1.165) is 17.6 Å². The van der Waals surface area contributed by atoms with Crippen LogP contribution in [0.25, 0.3) is 0 Å². The summed E-state index contributed by atoms with van der Waals surface area (Å²) in [7, 11) is 0. The third kappa shape index (κ3) is 4.20. The minimum absolute atomic E-state index is 0.547. The Hall–Kier alpha value is -1.09. The fourth-order valence-corrected chi connectivity index (χ4v) is 2.96. The number of hydrogen-bond acceptors (Lipinski definition) is 1. The fourth-order valence-electron chi connectivity index (χ4n) is 2.73. The molecular formula is C16H24N2S. The van der Waals surface area contributed by atoms with Gasteiger partial charge in [-0.05, 0) is 49.0 Å². The van der Waals surface area contributed by atoms with Gasteiger partial charge >= 0.3 is 0 Å². The topological polar surface area (TPSA) is 24.1 Å². The van der Waals surface area contributed by atoms with Crippen LogP contribution < -0.4 is 10.6 Å². The van der Waals surface area contributed by atoms with Gasteiger partial charge in [-0.25, -0.2) is 0 Å². The Balaban J connectivity index is 1.80. The number of thiocarbonyl (C=S) groups is 1. The van der Waals surface area contributed by atoms with Crippen molar-refractivity contribution in [3.8, 4) is 0 Å². The molecule has 2 N–H and O–H groups in total. The number of hydrogen-bond donors (Lipinski definition) is 2.